The van der Waals surface area contributed by atoms with Gasteiger partial charge in [-0.1, -0.05) is 60.7 Å². The van der Waals surface area contributed by atoms with Gasteiger partial charge in [0.15, 0.2) is 5.78 Å². The predicted molar refractivity (Wildman–Crippen MR) is 97.1 cm³/mol. The van der Waals surface area contributed by atoms with Gasteiger partial charge in [-0.25, -0.2) is 0 Å². The van der Waals surface area contributed by atoms with Gasteiger partial charge in [-0.3, -0.25) is 4.79 Å². The average molecular weight is 319 g/mol. The smallest absolute Gasteiger partial charge is 0.168 e. The summed E-state index contributed by atoms with van der Waals surface area (Å²) in [7, 11) is 3.94. The van der Waals surface area contributed by atoms with Crippen molar-refractivity contribution in [2.24, 2.45) is 0 Å². The van der Waals surface area contributed by atoms with Crippen molar-refractivity contribution >= 4 is 5.78 Å². The molecule has 0 N–H and O–H groups in total. The molecular weight excluding hydrogens is 298 g/mol. The van der Waals surface area contributed by atoms with Crippen molar-refractivity contribution in [2.75, 3.05) is 20.6 Å². The molecule has 3 heteroatoms. The molecule has 0 bridgehead atoms. The molecule has 24 heavy (non-hydrogen) atoms. The van der Waals surface area contributed by atoms with E-state index in [2.05, 4.69) is 0 Å². The molecule has 0 fully saturated rings. The second-order valence-electron chi connectivity index (χ2n) is 6.06. The lowest BCUT2D eigenvalue weighted by Crippen LogP contribution is -2.16. The third-order valence-electron chi connectivity index (χ3n) is 3.91. The van der Waals surface area contributed by atoms with E-state index in [9.17, 15) is 4.79 Å². The first-order valence-corrected chi connectivity index (χ1v) is 8.08. The van der Waals surface area contributed by atoms with Crippen LogP contribution in [0, 0.1) is 0 Å². The van der Waals surface area contributed by atoms with Crippen molar-refractivity contribution in [3.05, 3.63) is 72.3 Å². The minimum atomic E-state index is 0.105. The number of furan rings is 1. The van der Waals surface area contributed by atoms with Crippen molar-refractivity contribution in [1.82, 2.24) is 4.90 Å². The highest BCUT2D eigenvalue weighted by Crippen LogP contribution is 2.33. The Bertz CT molecular complexity index is 804. The fourth-order valence-corrected chi connectivity index (χ4v) is 2.61. The van der Waals surface area contributed by atoms with Crippen LogP contribution in [0.2, 0.25) is 0 Å². The van der Waals surface area contributed by atoms with E-state index >= 15 is 0 Å². The minimum Gasteiger partial charge on any atom is -0.455 e. The highest BCUT2D eigenvalue weighted by Gasteiger charge is 2.19. The van der Waals surface area contributed by atoms with Gasteiger partial charge < -0.3 is 9.32 Å². The lowest BCUT2D eigenvalue weighted by atomic mass is 10.0. The van der Waals surface area contributed by atoms with E-state index < -0.39 is 0 Å². The number of rotatable bonds is 6. The first-order chi connectivity index (χ1) is 11.6. The minimum absolute atomic E-state index is 0.105. The molecule has 0 spiro atoms. The molecule has 0 radical (unpaired) electrons. The monoisotopic (exact) mass is 319 g/mol. The Balaban J connectivity index is 2.02. The van der Waals surface area contributed by atoms with Gasteiger partial charge in [0.2, 0.25) is 0 Å². The van der Waals surface area contributed by atoms with E-state index in [-0.39, 0.29) is 5.78 Å². The average Bonchev–Trinajstić information content (AvgIpc) is 3.06. The van der Waals surface area contributed by atoms with Gasteiger partial charge in [-0.05, 0) is 20.2 Å². The maximum atomic E-state index is 12.7. The van der Waals surface area contributed by atoms with Crippen LogP contribution in [-0.4, -0.2) is 31.3 Å². The van der Waals surface area contributed by atoms with Gasteiger partial charge in [0.05, 0.1) is 5.56 Å². The number of carbonyl (C=O) groups is 1. The largest absolute Gasteiger partial charge is 0.455 e. The topological polar surface area (TPSA) is 33.5 Å². The van der Waals surface area contributed by atoms with E-state index in [1.165, 1.54) is 0 Å². The fourth-order valence-electron chi connectivity index (χ4n) is 2.61. The summed E-state index contributed by atoms with van der Waals surface area (Å²) in [6, 6.07) is 21.5. The van der Waals surface area contributed by atoms with Crippen LogP contribution in [0.15, 0.2) is 71.1 Å². The van der Waals surface area contributed by atoms with Crippen molar-refractivity contribution in [1.29, 1.82) is 0 Å². The first kappa shape index (κ1) is 16.2. The molecule has 0 atom stereocenters. The molecule has 3 aromatic rings. The fraction of sp³-hybridized carbons (Fsp3) is 0.190. The molecule has 1 heterocycles. The van der Waals surface area contributed by atoms with Crippen molar-refractivity contribution in [2.45, 2.75) is 6.42 Å². The van der Waals surface area contributed by atoms with Crippen LogP contribution in [0.1, 0.15) is 16.8 Å². The van der Waals surface area contributed by atoms with Gasteiger partial charge in [0, 0.05) is 24.1 Å². The molecule has 122 valence electrons. The Hall–Kier alpha value is -2.65. The number of benzene rings is 2. The predicted octanol–water partition coefficient (Wildman–Crippen LogP) is 4.75. The zero-order valence-corrected chi connectivity index (χ0v) is 14.0. The standard InChI is InChI=1S/C21H21NO2/c1-22(2)14-13-19(23)18-15-20(16-9-5-3-6-10-16)24-21(18)17-11-7-4-8-12-17/h3-12,15H,13-14H2,1-2H3. The number of hydrogen-bond donors (Lipinski definition) is 0. The zero-order valence-electron chi connectivity index (χ0n) is 14.0. The normalized spacial score (nSPS) is 11.0. The van der Waals surface area contributed by atoms with Crippen molar-refractivity contribution in [3.8, 4) is 22.6 Å². The molecule has 0 aliphatic carbocycles. The summed E-state index contributed by atoms with van der Waals surface area (Å²) in [6.07, 6.45) is 0.473. The van der Waals surface area contributed by atoms with E-state index in [0.717, 1.165) is 23.4 Å². The Morgan fingerprint density at radius 2 is 1.50 bits per heavy atom. The van der Waals surface area contributed by atoms with Crippen LogP contribution in [-0.2, 0) is 0 Å². The van der Waals surface area contributed by atoms with Crippen LogP contribution in [0.5, 0.6) is 0 Å². The lowest BCUT2D eigenvalue weighted by molar-refractivity contribution is 0.0973. The Morgan fingerprint density at radius 3 is 2.08 bits per heavy atom. The second-order valence-corrected chi connectivity index (χ2v) is 6.06. The number of hydrogen-bond acceptors (Lipinski definition) is 3. The first-order valence-electron chi connectivity index (χ1n) is 8.08. The van der Waals surface area contributed by atoms with Crippen LogP contribution in [0.25, 0.3) is 22.6 Å². The third kappa shape index (κ3) is 3.63. The number of ketones is 1. The van der Waals surface area contributed by atoms with Crippen molar-refractivity contribution in [3.63, 3.8) is 0 Å². The highest BCUT2D eigenvalue weighted by molar-refractivity contribution is 6.02. The van der Waals surface area contributed by atoms with E-state index in [1.807, 2.05) is 85.7 Å². The van der Waals surface area contributed by atoms with E-state index in [1.54, 1.807) is 0 Å². The summed E-state index contributed by atoms with van der Waals surface area (Å²) < 4.78 is 6.08. The SMILES string of the molecule is CN(C)CCC(=O)c1cc(-c2ccccc2)oc1-c1ccccc1. The van der Waals surface area contributed by atoms with Gasteiger partial charge in [0.25, 0.3) is 0 Å². The molecule has 0 saturated heterocycles. The van der Waals surface area contributed by atoms with Crippen LogP contribution in [0.4, 0.5) is 0 Å². The Labute approximate surface area is 142 Å². The molecule has 0 aliphatic heterocycles. The maximum Gasteiger partial charge on any atom is 0.168 e. The molecule has 0 aliphatic rings. The summed E-state index contributed by atoms with van der Waals surface area (Å²) >= 11 is 0. The Kier molecular flexibility index (Phi) is 4.92. The summed E-state index contributed by atoms with van der Waals surface area (Å²) in [5.74, 6) is 1.48. The quantitative estimate of drug-likeness (QED) is 0.615. The van der Waals surface area contributed by atoms with Gasteiger partial charge in [-0.15, -0.1) is 0 Å². The number of Topliss-reactive ketones (excluding diaryl/α,β-unsaturated/α-hetero) is 1. The van der Waals surface area contributed by atoms with Gasteiger partial charge >= 0.3 is 0 Å². The summed E-state index contributed by atoms with van der Waals surface area (Å²) in [5.41, 5.74) is 2.55. The van der Waals surface area contributed by atoms with Crippen LogP contribution >= 0.6 is 0 Å². The van der Waals surface area contributed by atoms with E-state index in [4.69, 9.17) is 4.42 Å². The molecular formula is C21H21NO2. The van der Waals surface area contributed by atoms with Crippen LogP contribution < -0.4 is 0 Å². The van der Waals surface area contributed by atoms with Crippen LogP contribution in [0.3, 0.4) is 0 Å². The zero-order chi connectivity index (χ0) is 16.9. The van der Waals surface area contributed by atoms with Gasteiger partial charge in [0.1, 0.15) is 11.5 Å². The molecule has 0 saturated carbocycles. The summed E-state index contributed by atoms with van der Waals surface area (Å²) in [6.45, 7) is 0.721. The molecule has 3 rings (SSSR count). The lowest BCUT2D eigenvalue weighted by Gasteiger charge is -2.08. The van der Waals surface area contributed by atoms with Crippen molar-refractivity contribution < 1.29 is 9.21 Å². The number of nitrogens with zero attached hydrogens (tertiary/aromatic N) is 1. The number of carbonyl (C=O) groups excluding carboxylic acids is 1. The molecule has 3 nitrogen and oxygen atoms in total. The highest BCUT2D eigenvalue weighted by atomic mass is 16.3. The van der Waals surface area contributed by atoms with Gasteiger partial charge in [-0.2, -0.15) is 0 Å². The van der Waals surface area contributed by atoms with E-state index in [0.29, 0.717) is 17.7 Å². The maximum absolute atomic E-state index is 12.7. The molecule has 0 amide bonds. The second kappa shape index (κ2) is 7.28. The summed E-state index contributed by atoms with van der Waals surface area (Å²) in [4.78, 5) is 14.7. The molecule has 1 aromatic heterocycles. The summed E-state index contributed by atoms with van der Waals surface area (Å²) in [5, 5.41) is 0. The third-order valence-corrected chi connectivity index (χ3v) is 3.91. The molecule has 2 aromatic carbocycles. The Morgan fingerprint density at radius 1 is 0.917 bits per heavy atom. The molecule has 0 unspecified atom stereocenters.